The molecular formula is C24H32O4. The molecule has 0 aliphatic rings. The molecule has 0 bridgehead atoms. The van der Waals surface area contributed by atoms with E-state index in [2.05, 4.69) is 6.92 Å². The van der Waals surface area contributed by atoms with Crippen LogP contribution in [0, 0.1) is 0 Å². The van der Waals surface area contributed by atoms with Crippen molar-refractivity contribution in [2.24, 2.45) is 0 Å². The zero-order valence-electron chi connectivity index (χ0n) is 17.1. The summed E-state index contributed by atoms with van der Waals surface area (Å²) in [5, 5.41) is 0. The monoisotopic (exact) mass is 384 g/mol. The van der Waals surface area contributed by atoms with Crippen molar-refractivity contribution in [2.75, 3.05) is 13.2 Å². The van der Waals surface area contributed by atoms with Crippen LogP contribution in [0.3, 0.4) is 0 Å². The average molecular weight is 385 g/mol. The second kappa shape index (κ2) is 12.8. The van der Waals surface area contributed by atoms with Gasteiger partial charge < -0.3 is 14.2 Å². The highest BCUT2D eigenvalue weighted by Gasteiger charge is 2.06. The standard InChI is InChI=1S/C24H32O4/c1-3-5-6-7-8-9-18-27-22-14-10-20(11-15-22)19-28-23-16-12-21(13-17-23)24(25)26-4-2/h10-17H,3-9,18-19H2,1-2H3. The van der Waals surface area contributed by atoms with E-state index in [9.17, 15) is 4.79 Å². The molecule has 0 saturated carbocycles. The fourth-order valence-corrected chi connectivity index (χ4v) is 2.82. The molecule has 0 amide bonds. The van der Waals surface area contributed by atoms with Crippen molar-refractivity contribution in [1.82, 2.24) is 0 Å². The van der Waals surface area contributed by atoms with E-state index in [4.69, 9.17) is 14.2 Å². The van der Waals surface area contributed by atoms with E-state index in [1.807, 2.05) is 24.3 Å². The molecule has 0 radical (unpaired) electrons. The third-order valence-corrected chi connectivity index (χ3v) is 4.46. The summed E-state index contributed by atoms with van der Waals surface area (Å²) in [5.74, 6) is 1.30. The zero-order chi connectivity index (χ0) is 20.0. The normalized spacial score (nSPS) is 10.5. The van der Waals surface area contributed by atoms with Gasteiger partial charge in [-0.1, -0.05) is 51.2 Å². The molecule has 152 valence electrons. The highest BCUT2D eigenvalue weighted by molar-refractivity contribution is 5.89. The Morgan fingerprint density at radius 3 is 2.04 bits per heavy atom. The van der Waals surface area contributed by atoms with E-state index in [1.165, 1.54) is 32.1 Å². The summed E-state index contributed by atoms with van der Waals surface area (Å²) >= 11 is 0. The van der Waals surface area contributed by atoms with Crippen LogP contribution in [0.5, 0.6) is 11.5 Å². The number of carbonyl (C=O) groups excluding carboxylic acids is 1. The molecule has 0 N–H and O–H groups in total. The van der Waals surface area contributed by atoms with Crippen molar-refractivity contribution in [1.29, 1.82) is 0 Å². The number of hydrogen-bond acceptors (Lipinski definition) is 4. The van der Waals surface area contributed by atoms with Crippen LogP contribution in [0.25, 0.3) is 0 Å². The smallest absolute Gasteiger partial charge is 0.338 e. The molecule has 0 fully saturated rings. The number of unbranched alkanes of at least 4 members (excludes halogenated alkanes) is 5. The number of rotatable bonds is 13. The van der Waals surface area contributed by atoms with Gasteiger partial charge in [0.2, 0.25) is 0 Å². The maximum absolute atomic E-state index is 11.6. The number of benzene rings is 2. The number of esters is 1. The third-order valence-electron chi connectivity index (χ3n) is 4.46. The van der Waals surface area contributed by atoms with E-state index in [0.29, 0.717) is 18.8 Å². The van der Waals surface area contributed by atoms with Gasteiger partial charge in [0.05, 0.1) is 18.8 Å². The zero-order valence-corrected chi connectivity index (χ0v) is 17.1. The van der Waals surface area contributed by atoms with Gasteiger partial charge in [0.25, 0.3) is 0 Å². The van der Waals surface area contributed by atoms with Gasteiger partial charge in [0, 0.05) is 0 Å². The average Bonchev–Trinajstić information content (AvgIpc) is 2.73. The predicted molar refractivity (Wildman–Crippen MR) is 112 cm³/mol. The van der Waals surface area contributed by atoms with E-state index in [-0.39, 0.29) is 5.97 Å². The van der Waals surface area contributed by atoms with Crippen LogP contribution in [0.15, 0.2) is 48.5 Å². The molecule has 0 atom stereocenters. The predicted octanol–water partition coefficient (Wildman–Crippen LogP) is 6.18. The molecule has 2 aromatic carbocycles. The SMILES string of the molecule is CCCCCCCCOc1ccc(COc2ccc(C(=O)OCC)cc2)cc1. The highest BCUT2D eigenvalue weighted by atomic mass is 16.5. The first kappa shape index (κ1) is 21.8. The van der Waals surface area contributed by atoms with Gasteiger partial charge in [-0.2, -0.15) is 0 Å². The van der Waals surface area contributed by atoms with E-state index in [0.717, 1.165) is 30.1 Å². The Morgan fingerprint density at radius 1 is 0.750 bits per heavy atom. The molecule has 0 aliphatic carbocycles. The summed E-state index contributed by atoms with van der Waals surface area (Å²) in [6, 6.07) is 15.0. The van der Waals surface area contributed by atoms with Crippen LogP contribution in [-0.2, 0) is 11.3 Å². The van der Waals surface area contributed by atoms with Gasteiger partial charge in [-0.3, -0.25) is 0 Å². The Balaban J connectivity index is 1.68. The van der Waals surface area contributed by atoms with Crippen LogP contribution in [0.4, 0.5) is 0 Å². The van der Waals surface area contributed by atoms with Crippen molar-refractivity contribution < 1.29 is 19.0 Å². The van der Waals surface area contributed by atoms with Crippen LogP contribution in [-0.4, -0.2) is 19.2 Å². The first-order chi connectivity index (χ1) is 13.7. The summed E-state index contributed by atoms with van der Waals surface area (Å²) in [5.41, 5.74) is 1.60. The molecule has 28 heavy (non-hydrogen) atoms. The summed E-state index contributed by atoms with van der Waals surface area (Å²) in [6.45, 7) is 5.64. The largest absolute Gasteiger partial charge is 0.494 e. The number of carbonyl (C=O) groups is 1. The van der Waals surface area contributed by atoms with Crippen LogP contribution >= 0.6 is 0 Å². The maximum Gasteiger partial charge on any atom is 0.338 e. The Hall–Kier alpha value is -2.49. The quantitative estimate of drug-likeness (QED) is 0.305. The van der Waals surface area contributed by atoms with Crippen LogP contribution < -0.4 is 9.47 Å². The molecule has 0 aromatic heterocycles. The third kappa shape index (κ3) is 8.03. The molecule has 0 spiro atoms. The van der Waals surface area contributed by atoms with E-state index >= 15 is 0 Å². The molecule has 0 heterocycles. The van der Waals surface area contributed by atoms with Gasteiger partial charge in [-0.25, -0.2) is 4.79 Å². The second-order valence-corrected chi connectivity index (χ2v) is 6.79. The first-order valence-electron chi connectivity index (χ1n) is 10.3. The molecular weight excluding hydrogens is 352 g/mol. The molecule has 4 nitrogen and oxygen atoms in total. The van der Waals surface area contributed by atoms with Gasteiger partial charge >= 0.3 is 5.97 Å². The molecule has 0 saturated heterocycles. The van der Waals surface area contributed by atoms with E-state index < -0.39 is 0 Å². The van der Waals surface area contributed by atoms with Crippen LogP contribution in [0.2, 0.25) is 0 Å². The minimum Gasteiger partial charge on any atom is -0.494 e. The Bertz CT molecular complexity index is 677. The summed E-state index contributed by atoms with van der Waals surface area (Å²) < 4.78 is 16.6. The minimum atomic E-state index is -0.314. The topological polar surface area (TPSA) is 44.8 Å². The van der Waals surface area contributed by atoms with Crippen LogP contribution in [0.1, 0.15) is 68.3 Å². The molecule has 0 unspecified atom stereocenters. The van der Waals surface area contributed by atoms with Gasteiger partial charge in [0.15, 0.2) is 0 Å². The van der Waals surface area contributed by atoms with E-state index in [1.54, 1.807) is 31.2 Å². The fourth-order valence-electron chi connectivity index (χ4n) is 2.82. The fraction of sp³-hybridized carbons (Fsp3) is 0.458. The highest BCUT2D eigenvalue weighted by Crippen LogP contribution is 2.17. The Morgan fingerprint density at radius 2 is 1.36 bits per heavy atom. The molecule has 4 heteroatoms. The minimum absolute atomic E-state index is 0.314. The van der Waals surface area contributed by atoms with Crippen molar-refractivity contribution in [3.63, 3.8) is 0 Å². The second-order valence-electron chi connectivity index (χ2n) is 6.79. The van der Waals surface area contributed by atoms with Crippen molar-refractivity contribution in [2.45, 2.75) is 59.0 Å². The first-order valence-corrected chi connectivity index (χ1v) is 10.3. The maximum atomic E-state index is 11.6. The lowest BCUT2D eigenvalue weighted by Gasteiger charge is -2.09. The number of hydrogen-bond donors (Lipinski definition) is 0. The van der Waals surface area contributed by atoms with Gasteiger partial charge in [-0.15, -0.1) is 0 Å². The lowest BCUT2D eigenvalue weighted by molar-refractivity contribution is 0.0526. The molecule has 2 rings (SSSR count). The summed E-state index contributed by atoms with van der Waals surface area (Å²) in [6.07, 6.45) is 7.59. The molecule has 0 aliphatic heterocycles. The lowest BCUT2D eigenvalue weighted by Crippen LogP contribution is -2.04. The van der Waals surface area contributed by atoms with Crippen molar-refractivity contribution in [3.8, 4) is 11.5 Å². The van der Waals surface area contributed by atoms with Crippen molar-refractivity contribution in [3.05, 3.63) is 59.7 Å². The number of ether oxygens (including phenoxy) is 3. The van der Waals surface area contributed by atoms with Crippen molar-refractivity contribution >= 4 is 5.97 Å². The summed E-state index contributed by atoms with van der Waals surface area (Å²) in [7, 11) is 0. The molecule has 2 aromatic rings. The lowest BCUT2D eigenvalue weighted by atomic mass is 10.1. The van der Waals surface area contributed by atoms with Gasteiger partial charge in [0.1, 0.15) is 18.1 Å². The Kier molecular flexibility index (Phi) is 9.98. The summed E-state index contributed by atoms with van der Waals surface area (Å²) in [4.78, 5) is 11.6. The van der Waals surface area contributed by atoms with Gasteiger partial charge in [-0.05, 0) is 55.3 Å². The Labute approximate surface area is 168 Å².